The molecule has 0 aliphatic carbocycles. The van der Waals surface area contributed by atoms with Crippen LogP contribution < -0.4 is 14.5 Å². The summed E-state index contributed by atoms with van der Waals surface area (Å²) < 4.78 is 6.19. The lowest BCUT2D eigenvalue weighted by Crippen LogP contribution is -2.56. The summed E-state index contributed by atoms with van der Waals surface area (Å²) in [5.41, 5.74) is 3.27. The summed E-state index contributed by atoms with van der Waals surface area (Å²) in [5.74, 6) is 0.653. The lowest BCUT2D eigenvalue weighted by atomic mass is 10.0. The summed E-state index contributed by atoms with van der Waals surface area (Å²) in [6.07, 6.45) is 7.59. The van der Waals surface area contributed by atoms with E-state index in [4.69, 9.17) is 21.3 Å². The fourth-order valence-corrected chi connectivity index (χ4v) is 5.73. The number of hydrogen-bond acceptors (Lipinski definition) is 9. The Labute approximate surface area is 229 Å². The predicted molar refractivity (Wildman–Crippen MR) is 146 cm³/mol. The Hall–Kier alpha value is -4.22. The molecule has 2 aromatic rings. The molecule has 11 nitrogen and oxygen atoms in total. The van der Waals surface area contributed by atoms with E-state index in [0.29, 0.717) is 63.4 Å². The molecule has 2 atom stereocenters. The Morgan fingerprint density at radius 3 is 2.90 bits per heavy atom. The zero-order chi connectivity index (χ0) is 27.4. The third-order valence-electron chi connectivity index (χ3n) is 7.90. The Kier molecular flexibility index (Phi) is 7.89. The lowest BCUT2D eigenvalue weighted by molar-refractivity contribution is -0.128. The first kappa shape index (κ1) is 26.4. The highest BCUT2D eigenvalue weighted by Gasteiger charge is 2.35. The van der Waals surface area contributed by atoms with Gasteiger partial charge in [-0.3, -0.25) is 9.78 Å². The van der Waals surface area contributed by atoms with E-state index in [1.165, 1.54) is 6.08 Å². The number of anilines is 2. The monoisotopic (exact) mass is 527 g/mol. The van der Waals surface area contributed by atoms with Gasteiger partial charge in [0, 0.05) is 44.0 Å². The fraction of sp³-hybridized carbons (Fsp3) is 0.500. The van der Waals surface area contributed by atoms with Gasteiger partial charge in [-0.2, -0.15) is 15.2 Å². The molecule has 11 heteroatoms. The van der Waals surface area contributed by atoms with Crippen molar-refractivity contribution in [1.29, 1.82) is 5.26 Å². The van der Waals surface area contributed by atoms with Crippen molar-refractivity contribution in [2.75, 3.05) is 62.7 Å². The molecule has 202 valence electrons. The van der Waals surface area contributed by atoms with Gasteiger partial charge in [0.1, 0.15) is 24.5 Å². The van der Waals surface area contributed by atoms with Crippen molar-refractivity contribution in [2.45, 2.75) is 37.9 Å². The van der Waals surface area contributed by atoms with Gasteiger partial charge < -0.3 is 29.2 Å². The smallest absolute Gasteiger partial charge is 0.318 e. The van der Waals surface area contributed by atoms with Crippen molar-refractivity contribution in [3.05, 3.63) is 59.4 Å². The first-order valence-electron chi connectivity index (χ1n) is 13.4. The molecular weight excluding hydrogens is 494 g/mol. The Bertz CT molecular complexity index is 1320. The molecule has 0 radical (unpaired) electrons. The predicted octanol–water partition coefficient (Wildman–Crippen LogP) is 1.90. The average molecular weight is 528 g/mol. The summed E-state index contributed by atoms with van der Waals surface area (Å²) in [5, 5.41) is 9.63. The number of pyridine rings is 1. The number of piperazine rings is 1. The number of fused-ring (bicyclic) bond motifs is 1. The van der Waals surface area contributed by atoms with Crippen LogP contribution in [-0.4, -0.2) is 95.7 Å². The Morgan fingerprint density at radius 1 is 1.28 bits per heavy atom. The molecule has 2 aromatic heterocycles. The van der Waals surface area contributed by atoms with E-state index in [0.717, 1.165) is 42.1 Å². The molecule has 3 aliphatic heterocycles. The second-order valence-electron chi connectivity index (χ2n) is 10.2. The number of nitriles is 1. The topological polar surface area (TPSA) is 106 Å². The number of nitrogens with zero attached hydrogens (tertiary/aromatic N) is 9. The summed E-state index contributed by atoms with van der Waals surface area (Å²) in [4.78, 5) is 38.4. The zero-order valence-corrected chi connectivity index (χ0v) is 22.3. The van der Waals surface area contributed by atoms with Crippen LogP contribution in [0.15, 0.2) is 31.1 Å². The van der Waals surface area contributed by atoms with Crippen LogP contribution in [0.2, 0.25) is 0 Å². The number of rotatable bonds is 7. The summed E-state index contributed by atoms with van der Waals surface area (Å²) in [6, 6.07) is 4.41. The third-order valence-corrected chi connectivity index (χ3v) is 7.90. The van der Waals surface area contributed by atoms with Gasteiger partial charge >= 0.3 is 6.01 Å². The summed E-state index contributed by atoms with van der Waals surface area (Å²) >= 11 is 0. The molecule has 39 heavy (non-hydrogen) atoms. The van der Waals surface area contributed by atoms with Crippen LogP contribution in [0.25, 0.3) is 4.85 Å². The number of hydrogen-bond donors (Lipinski definition) is 0. The second-order valence-corrected chi connectivity index (χ2v) is 10.2. The third kappa shape index (κ3) is 5.50. The normalized spacial score (nSPS) is 21.2. The molecule has 0 N–H and O–H groups in total. The number of amides is 1. The summed E-state index contributed by atoms with van der Waals surface area (Å²) in [6.45, 7) is 15.6. The highest BCUT2D eigenvalue weighted by atomic mass is 16.5. The molecule has 5 rings (SSSR count). The van der Waals surface area contributed by atoms with E-state index in [1.807, 2.05) is 0 Å². The quantitative estimate of drug-likeness (QED) is 0.394. The van der Waals surface area contributed by atoms with Crippen molar-refractivity contribution in [1.82, 2.24) is 24.8 Å². The van der Waals surface area contributed by atoms with Crippen molar-refractivity contribution in [3.8, 4) is 12.1 Å². The molecule has 1 amide bonds. The van der Waals surface area contributed by atoms with Gasteiger partial charge in [-0.1, -0.05) is 6.58 Å². The molecule has 0 bridgehead atoms. The number of carbonyl (C=O) groups excluding carboxylic acids is 1. The van der Waals surface area contributed by atoms with Crippen molar-refractivity contribution < 1.29 is 9.53 Å². The first-order valence-corrected chi connectivity index (χ1v) is 13.4. The van der Waals surface area contributed by atoms with E-state index in [2.05, 4.69) is 44.2 Å². The molecule has 0 unspecified atom stereocenters. The molecule has 0 saturated carbocycles. The van der Waals surface area contributed by atoms with Crippen LogP contribution in [0.3, 0.4) is 0 Å². The minimum atomic E-state index is -0.252. The number of carbonyl (C=O) groups is 1. The lowest BCUT2D eigenvalue weighted by Gasteiger charge is -2.41. The molecular formula is C28H33N9O2. The minimum absolute atomic E-state index is 0.155. The van der Waals surface area contributed by atoms with Crippen molar-refractivity contribution in [3.63, 3.8) is 0 Å². The molecule has 2 fully saturated rings. The van der Waals surface area contributed by atoms with Crippen LogP contribution in [0.1, 0.15) is 29.7 Å². The largest absolute Gasteiger partial charge is 0.462 e. The van der Waals surface area contributed by atoms with Crippen LogP contribution in [0.4, 0.5) is 11.5 Å². The van der Waals surface area contributed by atoms with Crippen molar-refractivity contribution >= 4 is 17.4 Å². The maximum absolute atomic E-state index is 12.4. The van der Waals surface area contributed by atoms with E-state index in [9.17, 15) is 10.1 Å². The maximum Gasteiger partial charge on any atom is 0.318 e. The zero-order valence-electron chi connectivity index (χ0n) is 22.3. The van der Waals surface area contributed by atoms with E-state index < -0.39 is 0 Å². The van der Waals surface area contributed by atoms with Gasteiger partial charge in [0.15, 0.2) is 0 Å². The van der Waals surface area contributed by atoms with Gasteiger partial charge in [0.2, 0.25) is 12.5 Å². The molecule has 2 saturated heterocycles. The average Bonchev–Trinajstić information content (AvgIpc) is 3.39. The summed E-state index contributed by atoms with van der Waals surface area (Å²) in [7, 11) is 2.11. The van der Waals surface area contributed by atoms with Crippen LogP contribution in [0, 0.1) is 17.9 Å². The van der Waals surface area contributed by atoms with Crippen LogP contribution in [0.5, 0.6) is 6.01 Å². The van der Waals surface area contributed by atoms with Crippen molar-refractivity contribution in [2.24, 2.45) is 0 Å². The maximum atomic E-state index is 12.4. The highest BCUT2D eigenvalue weighted by Crippen LogP contribution is 2.33. The van der Waals surface area contributed by atoms with Crippen LogP contribution >= 0.6 is 0 Å². The molecule has 3 aliphatic rings. The Balaban J connectivity index is 1.46. The van der Waals surface area contributed by atoms with Gasteiger partial charge in [-0.25, -0.2) is 6.57 Å². The number of aromatic nitrogens is 3. The van der Waals surface area contributed by atoms with E-state index >= 15 is 0 Å². The standard InChI is InChI=1S/C28H33N9O2/c1-4-26(38)37-13-12-36(17-22(37)15-30-2)27-23-8-11-35(25-16-31-9-7-20(25)14-29)18-24(23)32-28(33-27)39-19-21-6-5-10-34(21)3/h4,7,9,16,21-22H,1,5-6,8,10-13,15,17-19H2,3H3/t21-,22-/m0/s1. The number of ether oxygens (including phenoxy) is 1. The molecule has 5 heterocycles. The van der Waals surface area contributed by atoms with Gasteiger partial charge in [-0.15, -0.1) is 0 Å². The van der Waals surface area contributed by atoms with Crippen LogP contribution in [-0.2, 0) is 17.8 Å². The molecule has 0 aromatic carbocycles. The number of likely N-dealkylation sites (N-methyl/N-ethyl adjacent to an activating group) is 1. The first-order chi connectivity index (χ1) is 19.0. The van der Waals surface area contributed by atoms with Gasteiger partial charge in [0.05, 0.1) is 29.7 Å². The molecule has 0 spiro atoms. The fourth-order valence-electron chi connectivity index (χ4n) is 5.73. The van der Waals surface area contributed by atoms with E-state index in [-0.39, 0.29) is 18.5 Å². The number of likely N-dealkylation sites (tertiary alicyclic amines) is 1. The van der Waals surface area contributed by atoms with Gasteiger partial charge in [0.25, 0.3) is 0 Å². The van der Waals surface area contributed by atoms with E-state index in [1.54, 1.807) is 23.4 Å². The second kappa shape index (κ2) is 11.7. The Morgan fingerprint density at radius 2 is 2.15 bits per heavy atom. The van der Waals surface area contributed by atoms with Gasteiger partial charge in [-0.05, 0) is 45.0 Å². The SMILES string of the molecule is [C-]#[N+]C[C@H]1CN(c2nc(OC[C@@H]3CCCN3C)nc3c2CCN(c2cnccc2C#N)C3)CCN1C(=O)C=C. The highest BCUT2D eigenvalue weighted by molar-refractivity contribution is 5.87. The minimum Gasteiger partial charge on any atom is -0.462 e.